The summed E-state index contributed by atoms with van der Waals surface area (Å²) in [7, 11) is 0. The number of piperazine rings is 1. The van der Waals surface area contributed by atoms with Crippen molar-refractivity contribution < 1.29 is 4.79 Å². The van der Waals surface area contributed by atoms with Crippen molar-refractivity contribution >= 4 is 34.1 Å². The molecule has 0 radical (unpaired) electrons. The molecule has 26 heavy (non-hydrogen) atoms. The molecular formula is C21H20ClN3O. The summed E-state index contributed by atoms with van der Waals surface area (Å²) in [6.45, 7) is 4.98. The van der Waals surface area contributed by atoms with Crippen LogP contribution in [-0.4, -0.2) is 42.0 Å². The molecule has 5 heteroatoms. The zero-order valence-corrected chi connectivity index (χ0v) is 15.4. The molecule has 4 nitrogen and oxygen atoms in total. The molecule has 0 spiro atoms. The van der Waals surface area contributed by atoms with Crippen LogP contribution in [0.1, 0.15) is 16.1 Å². The van der Waals surface area contributed by atoms with Crippen LogP contribution in [0.3, 0.4) is 0 Å². The van der Waals surface area contributed by atoms with Gasteiger partial charge in [-0.1, -0.05) is 29.8 Å². The average Bonchev–Trinajstić information content (AvgIpc) is 2.68. The molecule has 0 bridgehead atoms. The van der Waals surface area contributed by atoms with Crippen LogP contribution in [0.4, 0.5) is 5.69 Å². The van der Waals surface area contributed by atoms with Crippen LogP contribution in [0, 0.1) is 6.92 Å². The second kappa shape index (κ2) is 6.96. The zero-order valence-electron chi connectivity index (χ0n) is 14.7. The van der Waals surface area contributed by atoms with Gasteiger partial charge < -0.3 is 9.80 Å². The van der Waals surface area contributed by atoms with Gasteiger partial charge in [0, 0.05) is 42.3 Å². The third-order valence-corrected chi connectivity index (χ3v) is 5.12. The molecule has 0 unspecified atom stereocenters. The minimum atomic E-state index is 0.0459. The second-order valence-electron chi connectivity index (χ2n) is 6.57. The molecule has 2 aromatic carbocycles. The molecule has 4 rings (SSSR count). The highest BCUT2D eigenvalue weighted by Gasteiger charge is 2.24. The normalized spacial score (nSPS) is 14.7. The van der Waals surface area contributed by atoms with Gasteiger partial charge >= 0.3 is 0 Å². The van der Waals surface area contributed by atoms with E-state index in [1.165, 1.54) is 5.69 Å². The number of benzene rings is 2. The molecule has 2 heterocycles. The first-order valence-corrected chi connectivity index (χ1v) is 9.16. The monoisotopic (exact) mass is 365 g/mol. The van der Waals surface area contributed by atoms with Crippen molar-refractivity contribution in [3.8, 4) is 0 Å². The molecule has 3 aromatic rings. The molecule has 1 amide bonds. The Kier molecular flexibility index (Phi) is 4.51. The summed E-state index contributed by atoms with van der Waals surface area (Å²) in [6, 6.07) is 17.8. The number of hydrogen-bond acceptors (Lipinski definition) is 3. The van der Waals surface area contributed by atoms with E-state index < -0.39 is 0 Å². The highest BCUT2D eigenvalue weighted by atomic mass is 35.5. The Bertz CT molecular complexity index is 950. The highest BCUT2D eigenvalue weighted by molar-refractivity contribution is 6.31. The summed E-state index contributed by atoms with van der Waals surface area (Å²) in [4.78, 5) is 21.8. The third-order valence-electron chi connectivity index (χ3n) is 4.89. The van der Waals surface area contributed by atoms with Gasteiger partial charge in [-0.05, 0) is 43.3 Å². The van der Waals surface area contributed by atoms with Gasteiger partial charge in [0.25, 0.3) is 5.91 Å². The van der Waals surface area contributed by atoms with Gasteiger partial charge in [0.1, 0.15) is 0 Å². The summed E-state index contributed by atoms with van der Waals surface area (Å²) in [5.74, 6) is 0.0459. The predicted molar refractivity (Wildman–Crippen MR) is 106 cm³/mol. The largest absolute Gasteiger partial charge is 0.368 e. The predicted octanol–water partition coefficient (Wildman–Crippen LogP) is 4.16. The topological polar surface area (TPSA) is 36.4 Å². The number of pyridine rings is 1. The molecule has 0 atom stereocenters. The number of fused-ring (bicyclic) bond motifs is 1. The fourth-order valence-electron chi connectivity index (χ4n) is 3.44. The molecule has 0 saturated carbocycles. The van der Waals surface area contributed by atoms with Gasteiger partial charge in [0.15, 0.2) is 0 Å². The SMILES string of the molecule is Cc1nc2ccc(Cl)cc2cc1C(=O)N1CCN(c2ccccc2)CC1. The maximum absolute atomic E-state index is 13.0. The van der Waals surface area contributed by atoms with Crippen LogP contribution >= 0.6 is 11.6 Å². The van der Waals surface area contributed by atoms with Gasteiger partial charge in [0.05, 0.1) is 16.8 Å². The van der Waals surface area contributed by atoms with Crippen molar-refractivity contribution in [1.29, 1.82) is 0 Å². The number of halogens is 1. The quantitative estimate of drug-likeness (QED) is 0.684. The first-order valence-electron chi connectivity index (χ1n) is 8.78. The van der Waals surface area contributed by atoms with Gasteiger partial charge in [-0.3, -0.25) is 9.78 Å². The van der Waals surface area contributed by atoms with Crippen molar-refractivity contribution in [3.63, 3.8) is 0 Å². The number of hydrogen-bond donors (Lipinski definition) is 0. The van der Waals surface area contributed by atoms with E-state index in [0.717, 1.165) is 29.7 Å². The smallest absolute Gasteiger partial charge is 0.255 e. The molecule has 0 aliphatic carbocycles. The van der Waals surface area contributed by atoms with E-state index in [4.69, 9.17) is 11.6 Å². The maximum Gasteiger partial charge on any atom is 0.255 e. The Hall–Kier alpha value is -2.59. The fourth-order valence-corrected chi connectivity index (χ4v) is 3.62. The van der Waals surface area contributed by atoms with Gasteiger partial charge in [-0.15, -0.1) is 0 Å². The van der Waals surface area contributed by atoms with E-state index >= 15 is 0 Å². The Balaban J connectivity index is 1.53. The molecule has 132 valence electrons. The number of aromatic nitrogens is 1. The number of carbonyl (C=O) groups excluding carboxylic acids is 1. The molecular weight excluding hydrogens is 346 g/mol. The summed E-state index contributed by atoms with van der Waals surface area (Å²) in [5.41, 5.74) is 3.48. The van der Waals surface area contributed by atoms with Crippen molar-refractivity contribution in [3.05, 3.63) is 70.9 Å². The van der Waals surface area contributed by atoms with E-state index in [2.05, 4.69) is 22.0 Å². The van der Waals surface area contributed by atoms with Gasteiger partial charge in [-0.25, -0.2) is 0 Å². The number of anilines is 1. The summed E-state index contributed by atoms with van der Waals surface area (Å²) < 4.78 is 0. The Labute approximate surface area is 158 Å². The number of rotatable bonds is 2. The van der Waals surface area contributed by atoms with E-state index in [9.17, 15) is 4.79 Å². The van der Waals surface area contributed by atoms with Crippen LogP contribution in [-0.2, 0) is 0 Å². The lowest BCUT2D eigenvalue weighted by atomic mass is 10.1. The molecule has 1 aliphatic heterocycles. The van der Waals surface area contributed by atoms with Crippen LogP contribution in [0.2, 0.25) is 5.02 Å². The first-order chi connectivity index (χ1) is 12.6. The zero-order chi connectivity index (χ0) is 18.1. The van der Waals surface area contributed by atoms with Gasteiger partial charge in [0.2, 0.25) is 0 Å². The van der Waals surface area contributed by atoms with Crippen LogP contribution < -0.4 is 4.90 Å². The number of aryl methyl sites for hydroxylation is 1. The van der Waals surface area contributed by atoms with E-state index in [1.54, 1.807) is 0 Å². The van der Waals surface area contributed by atoms with Crippen LogP contribution in [0.15, 0.2) is 54.6 Å². The number of amides is 1. The van der Waals surface area contributed by atoms with Crippen molar-refractivity contribution in [1.82, 2.24) is 9.88 Å². The Morgan fingerprint density at radius 3 is 2.46 bits per heavy atom. The Morgan fingerprint density at radius 1 is 1.00 bits per heavy atom. The summed E-state index contributed by atoms with van der Waals surface area (Å²) in [5, 5.41) is 1.55. The van der Waals surface area contributed by atoms with E-state index in [1.807, 2.05) is 54.3 Å². The average molecular weight is 366 g/mol. The van der Waals surface area contributed by atoms with Crippen molar-refractivity contribution in [2.75, 3.05) is 31.1 Å². The lowest BCUT2D eigenvalue weighted by Gasteiger charge is -2.36. The molecule has 0 N–H and O–H groups in total. The highest BCUT2D eigenvalue weighted by Crippen LogP contribution is 2.23. The lowest BCUT2D eigenvalue weighted by molar-refractivity contribution is 0.0746. The summed E-state index contributed by atoms with van der Waals surface area (Å²) >= 11 is 6.08. The minimum absolute atomic E-state index is 0.0459. The standard InChI is InChI=1S/C21H20ClN3O/c1-15-19(14-16-13-17(22)7-8-20(16)23-15)21(26)25-11-9-24(10-12-25)18-5-3-2-4-6-18/h2-8,13-14H,9-12H2,1H3. The van der Waals surface area contributed by atoms with Gasteiger partial charge in [-0.2, -0.15) is 0 Å². The Morgan fingerprint density at radius 2 is 1.73 bits per heavy atom. The number of carbonyl (C=O) groups is 1. The fraction of sp³-hybridized carbons (Fsp3) is 0.238. The van der Waals surface area contributed by atoms with Crippen molar-refractivity contribution in [2.24, 2.45) is 0 Å². The minimum Gasteiger partial charge on any atom is -0.368 e. The van der Waals surface area contributed by atoms with Crippen molar-refractivity contribution in [2.45, 2.75) is 6.92 Å². The molecule has 1 aliphatic rings. The molecule has 1 aromatic heterocycles. The van der Waals surface area contributed by atoms with Crippen LogP contribution in [0.25, 0.3) is 10.9 Å². The maximum atomic E-state index is 13.0. The van der Waals surface area contributed by atoms with E-state index in [-0.39, 0.29) is 5.91 Å². The molecule has 1 saturated heterocycles. The second-order valence-corrected chi connectivity index (χ2v) is 7.01. The number of para-hydroxylation sites is 1. The number of nitrogens with zero attached hydrogens (tertiary/aromatic N) is 3. The summed E-state index contributed by atoms with van der Waals surface area (Å²) in [6.07, 6.45) is 0. The molecule has 1 fully saturated rings. The lowest BCUT2D eigenvalue weighted by Crippen LogP contribution is -2.49. The van der Waals surface area contributed by atoms with Crippen LogP contribution in [0.5, 0.6) is 0 Å². The first kappa shape index (κ1) is 16.9. The van der Waals surface area contributed by atoms with E-state index in [0.29, 0.717) is 23.7 Å². The third kappa shape index (κ3) is 3.25.